The number of carbonyl (C=O) groups excluding carboxylic acids is 2. The SMILES string of the molecule is CCOC(=O)C1(NC(=O)COc2ccc(Br)cc2)CCCCC1. The second kappa shape index (κ2) is 8.34. The summed E-state index contributed by atoms with van der Waals surface area (Å²) in [4.78, 5) is 24.5. The second-order valence-electron chi connectivity index (χ2n) is 5.65. The van der Waals surface area contributed by atoms with Crippen LogP contribution in [0.5, 0.6) is 5.75 Å². The summed E-state index contributed by atoms with van der Waals surface area (Å²) in [6.07, 6.45) is 4.14. The predicted molar refractivity (Wildman–Crippen MR) is 90.2 cm³/mol. The Hall–Kier alpha value is -1.56. The maximum atomic E-state index is 12.3. The van der Waals surface area contributed by atoms with Gasteiger partial charge in [0.1, 0.15) is 11.3 Å². The molecule has 0 bridgehead atoms. The molecule has 1 fully saturated rings. The van der Waals surface area contributed by atoms with Crippen LogP contribution in [-0.4, -0.2) is 30.6 Å². The van der Waals surface area contributed by atoms with Gasteiger partial charge in [0.25, 0.3) is 5.91 Å². The van der Waals surface area contributed by atoms with Crippen LogP contribution in [0.15, 0.2) is 28.7 Å². The molecule has 0 heterocycles. The van der Waals surface area contributed by atoms with Gasteiger partial charge in [0.2, 0.25) is 0 Å². The van der Waals surface area contributed by atoms with Crippen molar-refractivity contribution < 1.29 is 19.1 Å². The van der Waals surface area contributed by atoms with Gasteiger partial charge in [0.05, 0.1) is 6.61 Å². The molecule has 1 N–H and O–H groups in total. The van der Waals surface area contributed by atoms with Crippen LogP contribution in [0.3, 0.4) is 0 Å². The van der Waals surface area contributed by atoms with E-state index < -0.39 is 5.54 Å². The number of halogens is 1. The molecule has 0 unspecified atom stereocenters. The Morgan fingerprint density at radius 3 is 2.43 bits per heavy atom. The lowest BCUT2D eigenvalue weighted by molar-refractivity contribution is -0.155. The maximum Gasteiger partial charge on any atom is 0.331 e. The van der Waals surface area contributed by atoms with Crippen molar-refractivity contribution in [3.8, 4) is 5.75 Å². The van der Waals surface area contributed by atoms with Crippen LogP contribution in [0.25, 0.3) is 0 Å². The standard InChI is InChI=1S/C17H22BrNO4/c1-2-22-16(21)17(10-4-3-5-11-17)19-15(20)12-23-14-8-6-13(18)7-9-14/h6-9H,2-5,10-12H2,1H3,(H,19,20). The number of ether oxygens (including phenoxy) is 2. The monoisotopic (exact) mass is 383 g/mol. The molecule has 0 saturated heterocycles. The minimum absolute atomic E-state index is 0.122. The quantitative estimate of drug-likeness (QED) is 0.765. The van der Waals surface area contributed by atoms with Gasteiger partial charge in [-0.15, -0.1) is 0 Å². The minimum atomic E-state index is -0.894. The van der Waals surface area contributed by atoms with E-state index in [9.17, 15) is 9.59 Å². The highest BCUT2D eigenvalue weighted by Crippen LogP contribution is 2.29. The fourth-order valence-corrected chi connectivity index (χ4v) is 3.05. The molecular formula is C17H22BrNO4. The summed E-state index contributed by atoms with van der Waals surface area (Å²) in [5.74, 6) is -0.0308. The van der Waals surface area contributed by atoms with E-state index in [1.165, 1.54) is 0 Å². The van der Waals surface area contributed by atoms with Gasteiger partial charge >= 0.3 is 5.97 Å². The molecule has 5 nitrogen and oxygen atoms in total. The first-order chi connectivity index (χ1) is 11.1. The molecule has 1 saturated carbocycles. The predicted octanol–water partition coefficient (Wildman–Crippen LogP) is 3.21. The van der Waals surface area contributed by atoms with Gasteiger partial charge < -0.3 is 14.8 Å². The van der Waals surface area contributed by atoms with Crippen molar-refractivity contribution in [3.63, 3.8) is 0 Å². The van der Waals surface area contributed by atoms with Crippen LogP contribution in [-0.2, 0) is 14.3 Å². The van der Waals surface area contributed by atoms with Crippen LogP contribution in [0.2, 0.25) is 0 Å². The van der Waals surface area contributed by atoms with Crippen LogP contribution in [0.1, 0.15) is 39.0 Å². The summed E-state index contributed by atoms with van der Waals surface area (Å²) >= 11 is 3.34. The number of amides is 1. The topological polar surface area (TPSA) is 64.6 Å². The Balaban J connectivity index is 1.94. The fraction of sp³-hybridized carbons (Fsp3) is 0.529. The van der Waals surface area contributed by atoms with Crippen LogP contribution < -0.4 is 10.1 Å². The first-order valence-electron chi connectivity index (χ1n) is 7.92. The highest BCUT2D eigenvalue weighted by atomic mass is 79.9. The van der Waals surface area contributed by atoms with Gasteiger partial charge in [-0.05, 0) is 44.0 Å². The number of hydrogen-bond donors (Lipinski definition) is 1. The van der Waals surface area contributed by atoms with Gasteiger partial charge in [-0.3, -0.25) is 4.79 Å². The minimum Gasteiger partial charge on any atom is -0.484 e. The van der Waals surface area contributed by atoms with Crippen molar-refractivity contribution in [1.29, 1.82) is 0 Å². The molecule has 2 rings (SSSR count). The van der Waals surface area contributed by atoms with E-state index in [0.29, 0.717) is 25.2 Å². The zero-order chi connectivity index (χ0) is 16.7. The molecule has 126 valence electrons. The average molecular weight is 384 g/mol. The molecule has 1 aliphatic carbocycles. The van der Waals surface area contributed by atoms with E-state index in [1.807, 2.05) is 12.1 Å². The largest absolute Gasteiger partial charge is 0.484 e. The third-order valence-electron chi connectivity index (χ3n) is 3.94. The van der Waals surface area contributed by atoms with E-state index in [0.717, 1.165) is 23.7 Å². The first-order valence-corrected chi connectivity index (χ1v) is 8.71. The Labute approximate surface area is 144 Å². The highest BCUT2D eigenvalue weighted by molar-refractivity contribution is 9.10. The molecule has 0 aliphatic heterocycles. The molecule has 0 spiro atoms. The lowest BCUT2D eigenvalue weighted by Gasteiger charge is -2.35. The van der Waals surface area contributed by atoms with Gasteiger partial charge in [-0.25, -0.2) is 4.79 Å². The number of hydrogen-bond acceptors (Lipinski definition) is 4. The summed E-state index contributed by atoms with van der Waals surface area (Å²) in [6.45, 7) is 1.96. The van der Waals surface area contributed by atoms with E-state index in [4.69, 9.17) is 9.47 Å². The van der Waals surface area contributed by atoms with Gasteiger partial charge in [0, 0.05) is 4.47 Å². The van der Waals surface area contributed by atoms with Crippen molar-refractivity contribution in [1.82, 2.24) is 5.32 Å². The molecule has 1 amide bonds. The average Bonchev–Trinajstić information content (AvgIpc) is 2.55. The van der Waals surface area contributed by atoms with E-state index in [-0.39, 0.29) is 18.5 Å². The number of esters is 1. The Bertz CT molecular complexity index is 538. The fourth-order valence-electron chi connectivity index (χ4n) is 2.79. The van der Waals surface area contributed by atoms with Gasteiger partial charge in [-0.1, -0.05) is 35.2 Å². The first kappa shape index (κ1) is 17.8. The maximum absolute atomic E-state index is 12.3. The molecular weight excluding hydrogens is 362 g/mol. The smallest absolute Gasteiger partial charge is 0.331 e. The summed E-state index contributed by atoms with van der Waals surface area (Å²) in [5.41, 5.74) is -0.894. The lowest BCUT2D eigenvalue weighted by Crippen LogP contribution is -2.57. The number of nitrogens with one attached hydrogen (secondary N) is 1. The number of rotatable bonds is 6. The molecule has 0 aromatic heterocycles. The number of benzene rings is 1. The molecule has 0 atom stereocenters. The van der Waals surface area contributed by atoms with Gasteiger partial charge in [-0.2, -0.15) is 0 Å². The highest BCUT2D eigenvalue weighted by Gasteiger charge is 2.42. The van der Waals surface area contributed by atoms with Crippen molar-refractivity contribution in [3.05, 3.63) is 28.7 Å². The Morgan fingerprint density at radius 1 is 1.17 bits per heavy atom. The van der Waals surface area contributed by atoms with E-state index in [1.54, 1.807) is 19.1 Å². The molecule has 6 heteroatoms. The van der Waals surface area contributed by atoms with Crippen LogP contribution in [0.4, 0.5) is 0 Å². The van der Waals surface area contributed by atoms with E-state index >= 15 is 0 Å². The summed E-state index contributed by atoms with van der Waals surface area (Å²) in [5, 5.41) is 2.85. The van der Waals surface area contributed by atoms with Crippen molar-refractivity contribution in [2.45, 2.75) is 44.6 Å². The van der Waals surface area contributed by atoms with Crippen molar-refractivity contribution >= 4 is 27.8 Å². The molecule has 1 aromatic rings. The number of carbonyl (C=O) groups is 2. The van der Waals surface area contributed by atoms with E-state index in [2.05, 4.69) is 21.2 Å². The van der Waals surface area contributed by atoms with Crippen molar-refractivity contribution in [2.24, 2.45) is 0 Å². The van der Waals surface area contributed by atoms with Gasteiger partial charge in [0.15, 0.2) is 6.61 Å². The molecule has 1 aliphatic rings. The zero-order valence-electron chi connectivity index (χ0n) is 13.3. The molecule has 0 radical (unpaired) electrons. The third kappa shape index (κ3) is 4.96. The third-order valence-corrected chi connectivity index (χ3v) is 4.46. The summed E-state index contributed by atoms with van der Waals surface area (Å²) < 4.78 is 11.6. The van der Waals surface area contributed by atoms with Crippen LogP contribution in [0, 0.1) is 0 Å². The zero-order valence-corrected chi connectivity index (χ0v) is 14.9. The normalized spacial score (nSPS) is 16.4. The van der Waals surface area contributed by atoms with Crippen LogP contribution >= 0.6 is 15.9 Å². The summed E-state index contributed by atoms with van der Waals surface area (Å²) in [6, 6.07) is 7.24. The second-order valence-corrected chi connectivity index (χ2v) is 6.57. The Morgan fingerprint density at radius 2 is 1.83 bits per heavy atom. The molecule has 1 aromatic carbocycles. The lowest BCUT2D eigenvalue weighted by atomic mass is 9.81. The molecule has 23 heavy (non-hydrogen) atoms. The Kier molecular flexibility index (Phi) is 6.45. The van der Waals surface area contributed by atoms with Crippen molar-refractivity contribution in [2.75, 3.05) is 13.2 Å². The summed E-state index contributed by atoms with van der Waals surface area (Å²) in [7, 11) is 0.